The van der Waals surface area contributed by atoms with E-state index in [4.69, 9.17) is 9.15 Å². The third-order valence-corrected chi connectivity index (χ3v) is 5.81. The molecule has 0 bridgehead atoms. The Bertz CT molecular complexity index is 949. The zero-order valence-corrected chi connectivity index (χ0v) is 17.9. The predicted molar refractivity (Wildman–Crippen MR) is 116 cm³/mol. The van der Waals surface area contributed by atoms with Crippen LogP contribution in [-0.4, -0.2) is 47.0 Å². The van der Waals surface area contributed by atoms with Gasteiger partial charge in [0.15, 0.2) is 0 Å². The van der Waals surface area contributed by atoms with Crippen molar-refractivity contribution >= 4 is 23.1 Å². The van der Waals surface area contributed by atoms with Gasteiger partial charge < -0.3 is 19.4 Å². The fourth-order valence-corrected chi connectivity index (χ4v) is 4.03. The van der Waals surface area contributed by atoms with Crippen LogP contribution in [0.2, 0.25) is 0 Å². The highest BCUT2D eigenvalue weighted by molar-refractivity contribution is 7.09. The number of carbonyl (C=O) groups excluding carboxylic acids is 1. The van der Waals surface area contributed by atoms with Gasteiger partial charge in [0.25, 0.3) is 0 Å². The Labute approximate surface area is 180 Å². The van der Waals surface area contributed by atoms with Crippen LogP contribution in [0, 0.1) is 6.92 Å². The standard InChI is InChI=1S/C22H26N4O3S/c1-17-23-20(16-30-17)13-25-7-9-26(10-8-25)22(27)24-19-5-2-4-18(12-19)14-28-15-21-6-3-11-29-21/h2-6,11-12,16H,7-10,13-15H2,1H3,(H,24,27). The number of aromatic nitrogens is 1. The molecular weight excluding hydrogens is 400 g/mol. The molecule has 2 aromatic heterocycles. The number of furan rings is 1. The van der Waals surface area contributed by atoms with Crippen molar-refractivity contribution in [2.75, 3.05) is 31.5 Å². The number of thiazole rings is 1. The Morgan fingerprint density at radius 2 is 2.07 bits per heavy atom. The number of amides is 2. The summed E-state index contributed by atoms with van der Waals surface area (Å²) in [5, 5.41) is 6.21. The first-order chi connectivity index (χ1) is 14.7. The highest BCUT2D eigenvalue weighted by atomic mass is 32.1. The average Bonchev–Trinajstić information content (AvgIpc) is 3.41. The predicted octanol–water partition coefficient (Wildman–Crippen LogP) is 4.11. The van der Waals surface area contributed by atoms with Gasteiger partial charge in [-0.15, -0.1) is 11.3 Å². The van der Waals surface area contributed by atoms with Crippen molar-refractivity contribution in [1.82, 2.24) is 14.8 Å². The van der Waals surface area contributed by atoms with Crippen LogP contribution in [0.5, 0.6) is 0 Å². The maximum Gasteiger partial charge on any atom is 0.321 e. The third-order valence-electron chi connectivity index (χ3n) is 4.98. The van der Waals surface area contributed by atoms with Gasteiger partial charge in [0, 0.05) is 43.8 Å². The lowest BCUT2D eigenvalue weighted by atomic mass is 10.2. The Morgan fingerprint density at radius 3 is 2.80 bits per heavy atom. The molecule has 1 fully saturated rings. The van der Waals surface area contributed by atoms with Crippen molar-refractivity contribution in [2.45, 2.75) is 26.7 Å². The zero-order valence-electron chi connectivity index (χ0n) is 17.0. The minimum atomic E-state index is -0.0622. The number of rotatable bonds is 7. The Balaban J connectivity index is 1.23. The van der Waals surface area contributed by atoms with Crippen LogP contribution in [0.1, 0.15) is 22.0 Å². The minimum Gasteiger partial charge on any atom is -0.467 e. The molecule has 1 saturated heterocycles. The first-order valence-corrected chi connectivity index (χ1v) is 10.9. The minimum absolute atomic E-state index is 0.0622. The van der Waals surface area contributed by atoms with E-state index in [1.807, 2.05) is 48.2 Å². The molecule has 1 aliphatic heterocycles. The molecule has 1 aromatic carbocycles. The number of carbonyl (C=O) groups is 1. The lowest BCUT2D eigenvalue weighted by Crippen LogP contribution is -2.49. The van der Waals surface area contributed by atoms with Gasteiger partial charge in [0.1, 0.15) is 12.4 Å². The molecule has 158 valence electrons. The van der Waals surface area contributed by atoms with Crippen LogP contribution < -0.4 is 5.32 Å². The molecule has 0 aliphatic carbocycles. The molecule has 0 unspecified atom stereocenters. The summed E-state index contributed by atoms with van der Waals surface area (Å²) in [5.41, 5.74) is 2.89. The largest absolute Gasteiger partial charge is 0.467 e. The smallest absolute Gasteiger partial charge is 0.321 e. The molecule has 0 atom stereocenters. The van der Waals surface area contributed by atoms with E-state index in [-0.39, 0.29) is 6.03 Å². The Morgan fingerprint density at radius 1 is 1.20 bits per heavy atom. The van der Waals surface area contributed by atoms with Crippen molar-refractivity contribution in [3.8, 4) is 0 Å². The summed E-state index contributed by atoms with van der Waals surface area (Å²) in [6.07, 6.45) is 1.63. The van der Waals surface area contributed by atoms with Crippen LogP contribution in [-0.2, 0) is 24.5 Å². The van der Waals surface area contributed by atoms with Crippen LogP contribution in [0.4, 0.5) is 10.5 Å². The van der Waals surface area contributed by atoms with Gasteiger partial charge >= 0.3 is 6.03 Å². The first-order valence-electron chi connectivity index (χ1n) is 10.0. The van der Waals surface area contributed by atoms with E-state index in [9.17, 15) is 4.79 Å². The number of hydrogen-bond acceptors (Lipinski definition) is 6. The molecular formula is C22H26N4O3S. The van der Waals surface area contributed by atoms with Gasteiger partial charge in [-0.1, -0.05) is 12.1 Å². The summed E-state index contributed by atoms with van der Waals surface area (Å²) in [7, 11) is 0. The monoisotopic (exact) mass is 426 g/mol. The van der Waals surface area contributed by atoms with Crippen LogP contribution in [0.3, 0.4) is 0 Å². The van der Waals surface area contributed by atoms with Crippen LogP contribution in [0.25, 0.3) is 0 Å². The number of aryl methyl sites for hydroxylation is 1. The highest BCUT2D eigenvalue weighted by Gasteiger charge is 2.21. The summed E-state index contributed by atoms with van der Waals surface area (Å²) in [6.45, 7) is 6.88. The molecule has 1 aliphatic rings. The molecule has 0 saturated carbocycles. The van der Waals surface area contributed by atoms with Crippen molar-refractivity contribution < 1.29 is 13.9 Å². The van der Waals surface area contributed by atoms with Crippen molar-refractivity contribution in [1.29, 1.82) is 0 Å². The molecule has 4 rings (SSSR count). The fourth-order valence-electron chi connectivity index (χ4n) is 3.42. The highest BCUT2D eigenvalue weighted by Crippen LogP contribution is 2.15. The molecule has 8 heteroatoms. The zero-order chi connectivity index (χ0) is 20.8. The molecule has 2 amide bonds. The molecule has 3 heterocycles. The summed E-state index contributed by atoms with van der Waals surface area (Å²) in [5.74, 6) is 0.795. The van der Waals surface area contributed by atoms with E-state index in [1.165, 1.54) is 0 Å². The number of urea groups is 1. The maximum atomic E-state index is 12.7. The van der Waals surface area contributed by atoms with E-state index in [0.29, 0.717) is 26.3 Å². The number of piperazine rings is 1. The van der Waals surface area contributed by atoms with Gasteiger partial charge in [-0.3, -0.25) is 4.90 Å². The van der Waals surface area contributed by atoms with E-state index >= 15 is 0 Å². The Kier molecular flexibility index (Phi) is 6.78. The summed E-state index contributed by atoms with van der Waals surface area (Å²) in [6, 6.07) is 11.4. The van der Waals surface area contributed by atoms with Crippen LogP contribution in [0.15, 0.2) is 52.5 Å². The van der Waals surface area contributed by atoms with Gasteiger partial charge in [-0.25, -0.2) is 9.78 Å². The number of anilines is 1. The number of nitrogens with one attached hydrogen (secondary N) is 1. The third kappa shape index (κ3) is 5.69. The SMILES string of the molecule is Cc1nc(CN2CCN(C(=O)Nc3cccc(COCc4ccco4)c3)CC2)cs1. The summed E-state index contributed by atoms with van der Waals surface area (Å²) in [4.78, 5) is 21.4. The van der Waals surface area contributed by atoms with Crippen molar-refractivity contribution in [3.05, 3.63) is 70.1 Å². The molecule has 3 aromatic rings. The first kappa shape index (κ1) is 20.6. The van der Waals surface area contributed by atoms with E-state index in [0.717, 1.165) is 47.3 Å². The number of ether oxygens (including phenoxy) is 1. The Hall–Kier alpha value is -2.68. The summed E-state index contributed by atoms with van der Waals surface area (Å²) < 4.78 is 10.9. The van der Waals surface area contributed by atoms with Gasteiger partial charge in [-0.05, 0) is 36.8 Å². The van der Waals surface area contributed by atoms with E-state index < -0.39 is 0 Å². The van der Waals surface area contributed by atoms with E-state index in [1.54, 1.807) is 17.6 Å². The second kappa shape index (κ2) is 9.88. The van der Waals surface area contributed by atoms with E-state index in [2.05, 4.69) is 20.6 Å². The van der Waals surface area contributed by atoms with Crippen molar-refractivity contribution in [3.63, 3.8) is 0 Å². The van der Waals surface area contributed by atoms with Gasteiger partial charge in [0.05, 0.1) is 23.6 Å². The maximum absolute atomic E-state index is 12.7. The van der Waals surface area contributed by atoms with Crippen LogP contribution >= 0.6 is 11.3 Å². The number of benzene rings is 1. The topological polar surface area (TPSA) is 70.8 Å². The molecule has 1 N–H and O–H groups in total. The lowest BCUT2D eigenvalue weighted by Gasteiger charge is -2.34. The fraction of sp³-hybridized carbons (Fsp3) is 0.364. The van der Waals surface area contributed by atoms with Crippen molar-refractivity contribution in [2.24, 2.45) is 0 Å². The molecule has 0 radical (unpaired) electrons. The van der Waals surface area contributed by atoms with Gasteiger partial charge in [0.2, 0.25) is 0 Å². The number of hydrogen-bond donors (Lipinski definition) is 1. The second-order valence-corrected chi connectivity index (χ2v) is 8.39. The van der Waals surface area contributed by atoms with Gasteiger partial charge in [-0.2, -0.15) is 0 Å². The second-order valence-electron chi connectivity index (χ2n) is 7.32. The lowest BCUT2D eigenvalue weighted by molar-refractivity contribution is 0.0930. The number of nitrogens with zero attached hydrogens (tertiary/aromatic N) is 3. The molecule has 7 nitrogen and oxygen atoms in total. The quantitative estimate of drug-likeness (QED) is 0.616. The average molecular weight is 427 g/mol. The molecule has 30 heavy (non-hydrogen) atoms. The molecule has 0 spiro atoms. The summed E-state index contributed by atoms with van der Waals surface area (Å²) >= 11 is 1.68. The normalized spacial score (nSPS) is 14.8.